The zero-order chi connectivity index (χ0) is 14.6. The summed E-state index contributed by atoms with van der Waals surface area (Å²) in [6.07, 6.45) is 7.30. The molecule has 0 aliphatic carbocycles. The molecular formula is C15H33NO2Sn. The van der Waals surface area contributed by atoms with Gasteiger partial charge in [0.1, 0.15) is 0 Å². The van der Waals surface area contributed by atoms with Crippen molar-refractivity contribution < 1.29 is 9.53 Å². The monoisotopic (exact) mass is 379 g/mol. The summed E-state index contributed by atoms with van der Waals surface area (Å²) in [5, 5.41) is 0. The van der Waals surface area contributed by atoms with Crippen LogP contribution in [0.2, 0.25) is 13.3 Å². The van der Waals surface area contributed by atoms with E-state index in [1.54, 1.807) is 0 Å². The Balaban J connectivity index is 4.70. The molecule has 0 heterocycles. The number of hydrogen-bond donors (Lipinski definition) is 1. The van der Waals surface area contributed by atoms with Crippen LogP contribution in [0.15, 0.2) is 0 Å². The van der Waals surface area contributed by atoms with Gasteiger partial charge in [0.2, 0.25) is 0 Å². The Morgan fingerprint density at radius 3 is 1.63 bits per heavy atom. The summed E-state index contributed by atoms with van der Waals surface area (Å²) >= 11 is -2.52. The molecule has 0 aromatic carbocycles. The fourth-order valence-corrected chi connectivity index (χ4v) is 16.0. The topological polar surface area (TPSA) is 38.3 Å². The molecule has 1 amide bonds. The predicted molar refractivity (Wildman–Crippen MR) is 85.1 cm³/mol. The minimum atomic E-state index is -2.52. The number of carbonyl (C=O) groups is 1. The van der Waals surface area contributed by atoms with E-state index >= 15 is 0 Å². The first-order valence-corrected chi connectivity index (χ1v) is 15.6. The molecule has 0 unspecified atom stereocenters. The van der Waals surface area contributed by atoms with E-state index in [0.29, 0.717) is 6.61 Å². The summed E-state index contributed by atoms with van der Waals surface area (Å²) in [5.74, 6) is 0. The molecule has 0 atom stereocenters. The van der Waals surface area contributed by atoms with Crippen molar-refractivity contribution in [2.75, 3.05) is 6.61 Å². The molecule has 0 aliphatic heterocycles. The van der Waals surface area contributed by atoms with Crippen LogP contribution in [0.5, 0.6) is 0 Å². The first-order valence-electron chi connectivity index (χ1n) is 8.09. The maximum absolute atomic E-state index is 11.9. The van der Waals surface area contributed by atoms with Gasteiger partial charge in [0.25, 0.3) is 0 Å². The maximum atomic E-state index is 11.9. The molecule has 0 aromatic rings. The zero-order valence-corrected chi connectivity index (χ0v) is 16.2. The fourth-order valence-electron chi connectivity index (χ4n) is 2.49. The Bertz CT molecular complexity index is 212. The van der Waals surface area contributed by atoms with Crippen molar-refractivity contribution in [2.45, 2.75) is 79.5 Å². The van der Waals surface area contributed by atoms with Gasteiger partial charge in [-0.3, -0.25) is 0 Å². The average molecular weight is 378 g/mol. The van der Waals surface area contributed by atoms with Gasteiger partial charge in [-0.2, -0.15) is 0 Å². The summed E-state index contributed by atoms with van der Waals surface area (Å²) in [7, 11) is 0. The number of amides is 1. The Morgan fingerprint density at radius 1 is 0.895 bits per heavy atom. The Morgan fingerprint density at radius 2 is 1.32 bits per heavy atom. The molecule has 3 nitrogen and oxygen atoms in total. The molecule has 4 heteroatoms. The summed E-state index contributed by atoms with van der Waals surface area (Å²) in [4.78, 5) is 11.9. The Kier molecular flexibility index (Phi) is 11.9. The molecule has 0 radical (unpaired) electrons. The van der Waals surface area contributed by atoms with Crippen molar-refractivity contribution in [3.63, 3.8) is 0 Å². The molecule has 0 saturated carbocycles. The molecular weight excluding hydrogens is 345 g/mol. The molecule has 0 saturated heterocycles. The standard InChI is InChI=1S/3C4H9.C3H7NO2.Sn/c3*1-3-4-2;1-2-6-3(4)5;/h3*1,3-4H2,2H3;2H2,1H3,(H2,4,5);/q;;;;+1/p-1. The summed E-state index contributed by atoms with van der Waals surface area (Å²) < 4.78 is 12.4. The van der Waals surface area contributed by atoms with Gasteiger partial charge in [0, 0.05) is 0 Å². The third kappa shape index (κ3) is 8.77. The fraction of sp³-hybridized carbons (Fsp3) is 0.933. The van der Waals surface area contributed by atoms with Gasteiger partial charge in [-0.15, -0.1) is 0 Å². The minimum absolute atomic E-state index is 0.151. The van der Waals surface area contributed by atoms with Gasteiger partial charge in [0.05, 0.1) is 0 Å². The van der Waals surface area contributed by atoms with Crippen LogP contribution in [0.3, 0.4) is 0 Å². The van der Waals surface area contributed by atoms with Gasteiger partial charge in [0.15, 0.2) is 0 Å². The molecule has 0 rings (SSSR count). The van der Waals surface area contributed by atoms with Crippen molar-refractivity contribution in [1.29, 1.82) is 0 Å². The van der Waals surface area contributed by atoms with Crippen molar-refractivity contribution in [2.24, 2.45) is 0 Å². The van der Waals surface area contributed by atoms with Crippen molar-refractivity contribution >= 4 is 24.7 Å². The van der Waals surface area contributed by atoms with Crippen molar-refractivity contribution in [1.82, 2.24) is 3.54 Å². The first kappa shape index (κ1) is 19.1. The third-order valence-electron chi connectivity index (χ3n) is 3.67. The van der Waals surface area contributed by atoms with Crippen LogP contribution in [0.4, 0.5) is 4.79 Å². The second-order valence-corrected chi connectivity index (χ2v) is 17.7. The third-order valence-corrected chi connectivity index (χ3v) is 17.0. The van der Waals surface area contributed by atoms with Crippen LogP contribution >= 0.6 is 0 Å². The number of unbranched alkanes of at least 4 members (excludes halogenated alkanes) is 3. The Labute approximate surface area is 124 Å². The zero-order valence-electron chi connectivity index (χ0n) is 13.4. The second-order valence-electron chi connectivity index (χ2n) is 5.44. The van der Waals surface area contributed by atoms with E-state index in [4.69, 9.17) is 4.74 Å². The van der Waals surface area contributed by atoms with Crippen LogP contribution < -0.4 is 3.54 Å². The van der Waals surface area contributed by atoms with Gasteiger partial charge < -0.3 is 0 Å². The van der Waals surface area contributed by atoms with Gasteiger partial charge in [-0.25, -0.2) is 0 Å². The van der Waals surface area contributed by atoms with E-state index in [1.165, 1.54) is 51.8 Å². The van der Waals surface area contributed by atoms with Crippen LogP contribution in [-0.2, 0) is 4.74 Å². The molecule has 0 spiro atoms. The molecule has 1 N–H and O–H groups in total. The number of hydrogen-bond acceptors (Lipinski definition) is 2. The van der Waals surface area contributed by atoms with Gasteiger partial charge in [-0.1, -0.05) is 0 Å². The van der Waals surface area contributed by atoms with E-state index in [0.717, 1.165) is 0 Å². The van der Waals surface area contributed by atoms with Crippen molar-refractivity contribution in [3.05, 3.63) is 0 Å². The number of nitrogens with one attached hydrogen (secondary N) is 1. The number of carbonyl (C=O) groups excluding carboxylic acids is 1. The predicted octanol–water partition coefficient (Wildman–Crippen LogP) is 5.08. The van der Waals surface area contributed by atoms with Gasteiger partial charge >= 0.3 is 124 Å². The number of ether oxygens (including phenoxy) is 1. The van der Waals surface area contributed by atoms with Gasteiger partial charge in [-0.05, 0) is 0 Å². The number of rotatable bonds is 11. The molecule has 19 heavy (non-hydrogen) atoms. The van der Waals surface area contributed by atoms with Crippen molar-refractivity contribution in [3.8, 4) is 0 Å². The molecule has 0 fully saturated rings. The summed E-state index contributed by atoms with van der Waals surface area (Å²) in [6, 6.07) is 0. The van der Waals surface area contributed by atoms with E-state index in [9.17, 15) is 4.79 Å². The summed E-state index contributed by atoms with van der Waals surface area (Å²) in [6.45, 7) is 9.06. The normalized spacial score (nSPS) is 11.4. The van der Waals surface area contributed by atoms with Crippen LogP contribution in [0, 0.1) is 0 Å². The molecule has 0 aromatic heterocycles. The summed E-state index contributed by atoms with van der Waals surface area (Å²) in [5.41, 5.74) is 0. The van der Waals surface area contributed by atoms with Crippen LogP contribution in [-0.4, -0.2) is 31.4 Å². The van der Waals surface area contributed by atoms with Crippen LogP contribution in [0.25, 0.3) is 0 Å². The molecule has 0 bridgehead atoms. The average Bonchev–Trinajstić information content (AvgIpc) is 2.40. The van der Waals surface area contributed by atoms with Crippen LogP contribution in [0.1, 0.15) is 66.2 Å². The second kappa shape index (κ2) is 11.9. The molecule has 0 aliphatic rings. The Hall–Kier alpha value is 0.0687. The van der Waals surface area contributed by atoms with E-state index < -0.39 is 18.7 Å². The quantitative estimate of drug-likeness (QED) is 0.510. The van der Waals surface area contributed by atoms with E-state index in [1.807, 2.05) is 6.92 Å². The first-order chi connectivity index (χ1) is 9.14. The SMILES string of the molecule is CCC[CH2][Sn]([CH2]CCC)([CH2]CCC)[NH]C(=O)OCC. The van der Waals surface area contributed by atoms with E-state index in [-0.39, 0.29) is 6.09 Å². The molecule has 114 valence electrons. The van der Waals surface area contributed by atoms with E-state index in [2.05, 4.69) is 24.3 Å².